The van der Waals surface area contributed by atoms with Crippen molar-refractivity contribution in [1.29, 1.82) is 0 Å². The van der Waals surface area contributed by atoms with Crippen molar-refractivity contribution in [3.8, 4) is 5.75 Å². The third-order valence-electron chi connectivity index (χ3n) is 7.97. The molecule has 0 radical (unpaired) electrons. The maximum atomic E-state index is 15.3. The molecule has 0 aromatic heterocycles. The molecule has 1 aliphatic heterocycles. The van der Waals surface area contributed by atoms with Crippen molar-refractivity contribution in [2.24, 2.45) is 11.8 Å². The minimum atomic E-state index is -0.616. The number of carbonyl (C=O) groups excluding carboxylic acids is 2. The number of ether oxygens (including phenoxy) is 4. The first-order chi connectivity index (χ1) is 17.4. The number of halogens is 1. The maximum absolute atomic E-state index is 15.3. The Labute approximate surface area is 213 Å². The van der Waals surface area contributed by atoms with Crippen LogP contribution in [0.1, 0.15) is 88.4 Å². The second-order valence-electron chi connectivity index (χ2n) is 10.5. The second kappa shape index (κ2) is 11.9. The van der Waals surface area contributed by atoms with Gasteiger partial charge in [-0.2, -0.15) is 0 Å². The molecule has 0 unspecified atom stereocenters. The Bertz CT molecular complexity index is 913. The SMILES string of the molecule is CCCCOc1cc(C(=O)OC)c(N(C(=O)C2CCC(C)CC2)C2CCC3(CC2)OCCO3)cc1F. The van der Waals surface area contributed by atoms with Gasteiger partial charge in [0.25, 0.3) is 0 Å². The molecular weight excluding hydrogens is 465 g/mol. The van der Waals surface area contributed by atoms with Crippen LogP contribution in [0.4, 0.5) is 10.1 Å². The average Bonchev–Trinajstić information content (AvgIpc) is 3.34. The predicted octanol–water partition coefficient (Wildman–Crippen LogP) is 5.64. The van der Waals surface area contributed by atoms with Gasteiger partial charge in [0.15, 0.2) is 17.4 Å². The number of hydrogen-bond donors (Lipinski definition) is 0. The van der Waals surface area contributed by atoms with Crippen LogP contribution in [0.5, 0.6) is 5.75 Å². The molecule has 7 nitrogen and oxygen atoms in total. The highest BCUT2D eigenvalue weighted by atomic mass is 19.1. The van der Waals surface area contributed by atoms with Crippen molar-refractivity contribution in [1.82, 2.24) is 0 Å². The molecule has 1 amide bonds. The Morgan fingerprint density at radius 1 is 1.08 bits per heavy atom. The number of benzene rings is 1. The molecule has 0 bridgehead atoms. The van der Waals surface area contributed by atoms with Crippen LogP contribution in [0.2, 0.25) is 0 Å². The number of rotatable bonds is 8. The number of esters is 1. The van der Waals surface area contributed by atoms with Crippen LogP contribution in [-0.4, -0.2) is 50.6 Å². The van der Waals surface area contributed by atoms with Gasteiger partial charge in [-0.05, 0) is 56.9 Å². The Hall–Kier alpha value is -2.19. The van der Waals surface area contributed by atoms with Crippen LogP contribution in [0, 0.1) is 17.7 Å². The van der Waals surface area contributed by atoms with Crippen molar-refractivity contribution >= 4 is 17.6 Å². The van der Waals surface area contributed by atoms with E-state index in [-0.39, 0.29) is 34.9 Å². The fraction of sp³-hybridized carbons (Fsp3) is 0.714. The molecule has 1 aromatic carbocycles. The predicted molar refractivity (Wildman–Crippen MR) is 134 cm³/mol. The molecule has 2 saturated carbocycles. The standard InChI is InChI=1S/C28H40FNO6/c1-4-5-14-34-25-17-22(27(32)33-3)24(18-23(25)29)30(26(31)20-8-6-19(2)7-9-20)21-10-12-28(13-11-21)35-15-16-36-28/h17-21H,4-16H2,1-3H3. The summed E-state index contributed by atoms with van der Waals surface area (Å²) in [4.78, 5) is 28.6. The maximum Gasteiger partial charge on any atom is 0.340 e. The van der Waals surface area contributed by atoms with E-state index >= 15 is 4.39 Å². The first-order valence-corrected chi connectivity index (χ1v) is 13.5. The van der Waals surface area contributed by atoms with Gasteiger partial charge in [0, 0.05) is 30.9 Å². The number of methoxy groups -OCH3 is 1. The topological polar surface area (TPSA) is 74.3 Å². The second-order valence-corrected chi connectivity index (χ2v) is 10.5. The van der Waals surface area contributed by atoms with Gasteiger partial charge in [-0.1, -0.05) is 20.3 Å². The van der Waals surface area contributed by atoms with E-state index in [2.05, 4.69) is 6.92 Å². The van der Waals surface area contributed by atoms with E-state index in [0.29, 0.717) is 51.4 Å². The van der Waals surface area contributed by atoms with Gasteiger partial charge in [0.2, 0.25) is 5.91 Å². The van der Waals surface area contributed by atoms with Crippen molar-refractivity contribution in [3.05, 3.63) is 23.5 Å². The number of hydrogen-bond acceptors (Lipinski definition) is 6. The van der Waals surface area contributed by atoms with Crippen LogP contribution in [-0.2, 0) is 19.0 Å². The highest BCUT2D eigenvalue weighted by Gasteiger charge is 2.44. The normalized spacial score (nSPS) is 24.0. The van der Waals surface area contributed by atoms with Crippen LogP contribution in [0.15, 0.2) is 12.1 Å². The molecule has 1 aromatic rings. The molecule has 0 atom stereocenters. The molecule has 200 valence electrons. The highest BCUT2D eigenvalue weighted by Crippen LogP contribution is 2.42. The highest BCUT2D eigenvalue weighted by molar-refractivity contribution is 6.04. The summed E-state index contributed by atoms with van der Waals surface area (Å²) in [5, 5.41) is 0. The number of amides is 1. The van der Waals surface area contributed by atoms with Gasteiger partial charge >= 0.3 is 5.97 Å². The summed E-state index contributed by atoms with van der Waals surface area (Å²) in [6, 6.07) is 2.48. The van der Waals surface area contributed by atoms with Gasteiger partial charge in [0.05, 0.1) is 38.2 Å². The first kappa shape index (κ1) is 26.9. The summed E-state index contributed by atoms with van der Waals surface area (Å²) >= 11 is 0. The molecule has 1 heterocycles. The third kappa shape index (κ3) is 5.86. The molecule has 1 saturated heterocycles. The lowest BCUT2D eigenvalue weighted by Gasteiger charge is -2.42. The molecule has 8 heteroatoms. The van der Waals surface area contributed by atoms with Crippen molar-refractivity contribution in [3.63, 3.8) is 0 Å². The Morgan fingerprint density at radius 3 is 2.36 bits per heavy atom. The molecule has 3 aliphatic rings. The number of carbonyl (C=O) groups is 2. The number of nitrogens with zero attached hydrogens (tertiary/aromatic N) is 1. The van der Waals surface area contributed by atoms with E-state index in [9.17, 15) is 9.59 Å². The van der Waals surface area contributed by atoms with Crippen molar-refractivity contribution in [2.75, 3.05) is 31.8 Å². The van der Waals surface area contributed by atoms with E-state index in [1.54, 1.807) is 4.90 Å². The zero-order valence-electron chi connectivity index (χ0n) is 21.9. The largest absolute Gasteiger partial charge is 0.490 e. The summed E-state index contributed by atoms with van der Waals surface area (Å²) < 4.78 is 37.8. The summed E-state index contributed by atoms with van der Waals surface area (Å²) in [6.07, 6.45) is 7.84. The molecule has 36 heavy (non-hydrogen) atoms. The fourth-order valence-corrected chi connectivity index (χ4v) is 5.74. The van der Waals surface area contributed by atoms with E-state index in [1.165, 1.54) is 19.2 Å². The Morgan fingerprint density at radius 2 is 1.75 bits per heavy atom. The van der Waals surface area contributed by atoms with Crippen molar-refractivity contribution in [2.45, 2.75) is 89.9 Å². The summed E-state index contributed by atoms with van der Waals surface area (Å²) in [7, 11) is 1.29. The summed E-state index contributed by atoms with van der Waals surface area (Å²) in [6.45, 7) is 5.73. The molecule has 3 fully saturated rings. The van der Waals surface area contributed by atoms with E-state index in [0.717, 1.165) is 38.5 Å². The van der Waals surface area contributed by atoms with Crippen LogP contribution < -0.4 is 9.64 Å². The molecule has 1 spiro atoms. The third-order valence-corrected chi connectivity index (χ3v) is 7.97. The molecule has 4 rings (SSSR count). The average molecular weight is 506 g/mol. The Kier molecular flexibility index (Phi) is 8.88. The van der Waals surface area contributed by atoms with Crippen LogP contribution >= 0.6 is 0 Å². The zero-order chi connectivity index (χ0) is 25.7. The van der Waals surface area contributed by atoms with Crippen molar-refractivity contribution < 1.29 is 32.9 Å². The van der Waals surface area contributed by atoms with E-state index < -0.39 is 17.6 Å². The first-order valence-electron chi connectivity index (χ1n) is 13.5. The van der Waals surface area contributed by atoms with Gasteiger partial charge in [-0.25, -0.2) is 9.18 Å². The smallest absolute Gasteiger partial charge is 0.340 e. The minimum absolute atomic E-state index is 0.00171. The quantitative estimate of drug-likeness (QED) is 0.336. The summed E-state index contributed by atoms with van der Waals surface area (Å²) in [5.74, 6) is -1.38. The summed E-state index contributed by atoms with van der Waals surface area (Å²) in [5.41, 5.74) is 0.414. The van der Waals surface area contributed by atoms with Gasteiger partial charge in [0.1, 0.15) is 0 Å². The Balaban J connectivity index is 1.68. The molecular formula is C28H40FNO6. The van der Waals surface area contributed by atoms with Gasteiger partial charge in [-0.15, -0.1) is 0 Å². The van der Waals surface area contributed by atoms with Gasteiger partial charge in [-0.3, -0.25) is 4.79 Å². The minimum Gasteiger partial charge on any atom is -0.490 e. The molecule has 0 N–H and O–H groups in total. The monoisotopic (exact) mass is 505 g/mol. The number of unbranched alkanes of at least 4 members (excludes halogenated alkanes) is 1. The van der Waals surface area contributed by atoms with Gasteiger partial charge < -0.3 is 23.8 Å². The van der Waals surface area contributed by atoms with E-state index in [4.69, 9.17) is 18.9 Å². The lowest BCUT2D eigenvalue weighted by Crippen LogP contribution is -2.49. The lowest BCUT2D eigenvalue weighted by atomic mass is 9.81. The van der Waals surface area contributed by atoms with Crippen LogP contribution in [0.3, 0.4) is 0 Å². The van der Waals surface area contributed by atoms with E-state index in [1.807, 2.05) is 6.92 Å². The zero-order valence-corrected chi connectivity index (χ0v) is 21.9. The fourth-order valence-electron chi connectivity index (χ4n) is 5.74. The van der Waals surface area contributed by atoms with Crippen LogP contribution in [0.25, 0.3) is 0 Å². The lowest BCUT2D eigenvalue weighted by molar-refractivity contribution is -0.179. The molecule has 2 aliphatic carbocycles. The number of anilines is 1.